The van der Waals surface area contributed by atoms with Crippen LogP contribution in [0.5, 0.6) is 0 Å². The number of carboxylic acids is 1. The molecule has 4 nitrogen and oxygen atoms in total. The number of aromatic carboxylic acids is 1. The molecule has 0 saturated carbocycles. The Morgan fingerprint density at radius 2 is 1.61 bits per heavy atom. The van der Waals surface area contributed by atoms with Crippen molar-refractivity contribution in [2.45, 2.75) is 0 Å². The number of hydrogen-bond acceptors (Lipinski definition) is 3. The van der Waals surface area contributed by atoms with E-state index in [1.807, 2.05) is 36.4 Å². The van der Waals surface area contributed by atoms with Crippen molar-refractivity contribution in [2.24, 2.45) is 0 Å². The molecule has 110 valence electrons. The Labute approximate surface area is 133 Å². The molecule has 0 aliphatic heterocycles. The number of carboxylic acid groups (broad SMARTS) is 1. The van der Waals surface area contributed by atoms with Crippen LogP contribution in [0.25, 0.3) is 22.5 Å². The second kappa shape index (κ2) is 6.12. The standard InChI is InChI=1S/C19H12N2O2/c20-12-16-10-11-17(13-4-2-1-3-5-13)21-18(16)14-6-8-15(9-7-14)19(22)23/h1-11H,(H,22,23). The number of nitrogens with zero attached hydrogens (tertiary/aromatic N) is 2. The number of rotatable bonds is 3. The third kappa shape index (κ3) is 2.94. The number of nitriles is 1. The van der Waals surface area contributed by atoms with E-state index >= 15 is 0 Å². The molecular formula is C19H12N2O2. The maximum Gasteiger partial charge on any atom is 0.335 e. The van der Waals surface area contributed by atoms with Crippen molar-refractivity contribution in [3.05, 3.63) is 77.9 Å². The molecule has 0 bridgehead atoms. The summed E-state index contributed by atoms with van der Waals surface area (Å²) in [5, 5.41) is 18.3. The summed E-state index contributed by atoms with van der Waals surface area (Å²) in [4.78, 5) is 15.5. The van der Waals surface area contributed by atoms with Gasteiger partial charge >= 0.3 is 5.97 Å². The maximum absolute atomic E-state index is 10.9. The monoisotopic (exact) mass is 300 g/mol. The molecule has 0 fully saturated rings. The number of benzene rings is 2. The smallest absolute Gasteiger partial charge is 0.335 e. The highest BCUT2D eigenvalue weighted by atomic mass is 16.4. The van der Waals surface area contributed by atoms with E-state index in [2.05, 4.69) is 11.1 Å². The van der Waals surface area contributed by atoms with Gasteiger partial charge in [-0.2, -0.15) is 5.26 Å². The summed E-state index contributed by atoms with van der Waals surface area (Å²) in [6.45, 7) is 0. The average molecular weight is 300 g/mol. The minimum atomic E-state index is -0.983. The molecule has 0 unspecified atom stereocenters. The Balaban J connectivity index is 2.10. The van der Waals surface area contributed by atoms with Crippen LogP contribution < -0.4 is 0 Å². The Hall–Kier alpha value is -3.45. The van der Waals surface area contributed by atoms with E-state index in [-0.39, 0.29) is 5.56 Å². The van der Waals surface area contributed by atoms with Crippen molar-refractivity contribution in [2.75, 3.05) is 0 Å². The van der Waals surface area contributed by atoms with Crippen LogP contribution in [0.1, 0.15) is 15.9 Å². The highest BCUT2D eigenvalue weighted by Crippen LogP contribution is 2.26. The first kappa shape index (κ1) is 14.5. The molecular weight excluding hydrogens is 288 g/mol. The Morgan fingerprint density at radius 3 is 2.22 bits per heavy atom. The van der Waals surface area contributed by atoms with E-state index in [0.29, 0.717) is 16.8 Å². The molecule has 1 heterocycles. The van der Waals surface area contributed by atoms with Crippen LogP contribution in [0.2, 0.25) is 0 Å². The van der Waals surface area contributed by atoms with Crippen LogP contribution >= 0.6 is 0 Å². The second-order valence-electron chi connectivity index (χ2n) is 4.95. The Bertz CT molecular complexity index is 895. The fraction of sp³-hybridized carbons (Fsp3) is 0. The largest absolute Gasteiger partial charge is 0.478 e. The van der Waals surface area contributed by atoms with Gasteiger partial charge in [-0.3, -0.25) is 0 Å². The summed E-state index contributed by atoms with van der Waals surface area (Å²) in [6.07, 6.45) is 0. The van der Waals surface area contributed by atoms with E-state index in [1.165, 1.54) is 12.1 Å². The van der Waals surface area contributed by atoms with Crippen molar-refractivity contribution >= 4 is 5.97 Å². The lowest BCUT2D eigenvalue weighted by Gasteiger charge is -2.07. The molecule has 23 heavy (non-hydrogen) atoms. The minimum Gasteiger partial charge on any atom is -0.478 e. The van der Waals surface area contributed by atoms with Crippen LogP contribution in [-0.4, -0.2) is 16.1 Å². The topological polar surface area (TPSA) is 74.0 Å². The summed E-state index contributed by atoms with van der Waals surface area (Å²) in [5.74, 6) is -0.983. The minimum absolute atomic E-state index is 0.200. The van der Waals surface area contributed by atoms with E-state index in [1.54, 1.807) is 18.2 Å². The summed E-state index contributed by atoms with van der Waals surface area (Å²) in [7, 11) is 0. The number of aromatic nitrogens is 1. The van der Waals surface area contributed by atoms with Crippen molar-refractivity contribution in [3.63, 3.8) is 0 Å². The number of carbonyl (C=O) groups is 1. The van der Waals surface area contributed by atoms with Crippen molar-refractivity contribution in [1.82, 2.24) is 4.98 Å². The van der Waals surface area contributed by atoms with Gasteiger partial charge in [-0.05, 0) is 24.3 Å². The second-order valence-corrected chi connectivity index (χ2v) is 4.95. The van der Waals surface area contributed by atoms with Crippen molar-refractivity contribution in [1.29, 1.82) is 5.26 Å². The molecule has 2 aromatic carbocycles. The quantitative estimate of drug-likeness (QED) is 0.793. The van der Waals surface area contributed by atoms with Gasteiger partial charge in [0.2, 0.25) is 0 Å². The average Bonchev–Trinajstić information content (AvgIpc) is 2.62. The van der Waals surface area contributed by atoms with Crippen LogP contribution in [-0.2, 0) is 0 Å². The number of hydrogen-bond donors (Lipinski definition) is 1. The van der Waals surface area contributed by atoms with E-state index in [9.17, 15) is 10.1 Å². The molecule has 0 atom stereocenters. The lowest BCUT2D eigenvalue weighted by molar-refractivity contribution is 0.0697. The van der Waals surface area contributed by atoms with E-state index < -0.39 is 5.97 Å². The molecule has 0 amide bonds. The molecule has 3 rings (SSSR count). The molecule has 1 aromatic heterocycles. The first-order chi connectivity index (χ1) is 11.2. The predicted octanol–water partition coefficient (Wildman–Crippen LogP) is 3.99. The van der Waals surface area contributed by atoms with Crippen LogP contribution in [0, 0.1) is 11.3 Å². The Morgan fingerprint density at radius 1 is 0.913 bits per heavy atom. The highest BCUT2D eigenvalue weighted by Gasteiger charge is 2.10. The summed E-state index contributed by atoms with van der Waals surface area (Å²) >= 11 is 0. The van der Waals surface area contributed by atoms with E-state index in [4.69, 9.17) is 5.11 Å². The third-order valence-electron chi connectivity index (χ3n) is 3.49. The fourth-order valence-electron chi connectivity index (χ4n) is 2.31. The van der Waals surface area contributed by atoms with Gasteiger partial charge in [0.1, 0.15) is 6.07 Å². The van der Waals surface area contributed by atoms with Crippen LogP contribution in [0.15, 0.2) is 66.7 Å². The SMILES string of the molecule is N#Cc1ccc(-c2ccccc2)nc1-c1ccc(C(=O)O)cc1. The zero-order valence-electron chi connectivity index (χ0n) is 12.1. The molecule has 1 N–H and O–H groups in total. The van der Waals surface area contributed by atoms with Gasteiger partial charge in [0.25, 0.3) is 0 Å². The molecule has 4 heteroatoms. The molecule has 0 radical (unpaired) electrons. The van der Waals surface area contributed by atoms with Gasteiger partial charge in [0.05, 0.1) is 22.5 Å². The van der Waals surface area contributed by atoms with Gasteiger partial charge < -0.3 is 5.11 Å². The van der Waals surface area contributed by atoms with Gasteiger partial charge in [0, 0.05) is 11.1 Å². The van der Waals surface area contributed by atoms with Crippen LogP contribution in [0.4, 0.5) is 0 Å². The zero-order valence-corrected chi connectivity index (χ0v) is 12.1. The third-order valence-corrected chi connectivity index (χ3v) is 3.49. The molecule has 3 aromatic rings. The zero-order chi connectivity index (χ0) is 16.2. The van der Waals surface area contributed by atoms with Crippen molar-refractivity contribution < 1.29 is 9.90 Å². The molecule has 0 aliphatic carbocycles. The lowest BCUT2D eigenvalue weighted by atomic mass is 10.0. The normalized spacial score (nSPS) is 10.0. The van der Waals surface area contributed by atoms with Gasteiger partial charge in [-0.15, -0.1) is 0 Å². The van der Waals surface area contributed by atoms with Gasteiger partial charge in [-0.1, -0.05) is 42.5 Å². The van der Waals surface area contributed by atoms with Gasteiger partial charge in [0.15, 0.2) is 0 Å². The van der Waals surface area contributed by atoms with Gasteiger partial charge in [-0.25, -0.2) is 9.78 Å². The maximum atomic E-state index is 10.9. The lowest BCUT2D eigenvalue weighted by Crippen LogP contribution is -1.96. The van der Waals surface area contributed by atoms with Crippen LogP contribution in [0.3, 0.4) is 0 Å². The highest BCUT2D eigenvalue weighted by molar-refractivity contribution is 5.88. The van der Waals surface area contributed by atoms with E-state index in [0.717, 1.165) is 11.3 Å². The predicted molar refractivity (Wildman–Crippen MR) is 86.8 cm³/mol. The fourth-order valence-corrected chi connectivity index (χ4v) is 2.31. The first-order valence-corrected chi connectivity index (χ1v) is 6.99. The van der Waals surface area contributed by atoms with Crippen molar-refractivity contribution in [3.8, 4) is 28.6 Å². The first-order valence-electron chi connectivity index (χ1n) is 6.99. The number of pyridine rings is 1. The molecule has 0 spiro atoms. The molecule has 0 saturated heterocycles. The molecule has 0 aliphatic rings. The summed E-state index contributed by atoms with van der Waals surface area (Å²) < 4.78 is 0. The summed E-state index contributed by atoms with van der Waals surface area (Å²) in [6, 6.07) is 21.7. The summed E-state index contributed by atoms with van der Waals surface area (Å²) in [5.41, 5.74) is 3.64. The Kier molecular flexibility index (Phi) is 3.86.